The van der Waals surface area contributed by atoms with Gasteiger partial charge in [-0.25, -0.2) is 4.39 Å². The van der Waals surface area contributed by atoms with E-state index in [1.807, 2.05) is 0 Å². The highest BCUT2D eigenvalue weighted by molar-refractivity contribution is 9.10. The van der Waals surface area contributed by atoms with Crippen LogP contribution in [-0.2, 0) is 6.54 Å². The van der Waals surface area contributed by atoms with Gasteiger partial charge in [-0.05, 0) is 47.0 Å². The van der Waals surface area contributed by atoms with Gasteiger partial charge in [-0.15, -0.1) is 10.2 Å². The first-order valence-corrected chi connectivity index (χ1v) is 6.53. The number of nitrogens with zero attached hydrogens (tertiary/aromatic N) is 2. The van der Waals surface area contributed by atoms with Crippen molar-refractivity contribution >= 4 is 15.9 Å². The van der Waals surface area contributed by atoms with Crippen LogP contribution in [0.15, 0.2) is 27.1 Å². The fourth-order valence-corrected chi connectivity index (χ4v) is 2.14. The van der Waals surface area contributed by atoms with Gasteiger partial charge in [0.25, 0.3) is 0 Å². The SMILES string of the molecule is Fc1ccc(-c2nnc(CNC3CC3)o2)c(Br)c1. The topological polar surface area (TPSA) is 51.0 Å². The highest BCUT2D eigenvalue weighted by Gasteiger charge is 2.21. The average molecular weight is 312 g/mol. The molecule has 1 aliphatic rings. The van der Waals surface area contributed by atoms with E-state index in [0.717, 1.165) is 0 Å². The minimum Gasteiger partial charge on any atom is -0.419 e. The largest absolute Gasteiger partial charge is 0.419 e. The summed E-state index contributed by atoms with van der Waals surface area (Å²) in [4.78, 5) is 0. The van der Waals surface area contributed by atoms with Crippen molar-refractivity contribution in [2.75, 3.05) is 0 Å². The molecule has 1 aromatic carbocycles. The molecule has 0 atom stereocenters. The molecule has 1 saturated carbocycles. The second-order valence-corrected chi connectivity index (χ2v) is 5.13. The van der Waals surface area contributed by atoms with Crippen molar-refractivity contribution in [3.63, 3.8) is 0 Å². The molecule has 2 aromatic rings. The van der Waals surface area contributed by atoms with E-state index in [0.29, 0.717) is 34.4 Å². The van der Waals surface area contributed by atoms with Crippen LogP contribution in [0.5, 0.6) is 0 Å². The number of benzene rings is 1. The van der Waals surface area contributed by atoms with Gasteiger partial charge in [0, 0.05) is 10.5 Å². The fraction of sp³-hybridized carbons (Fsp3) is 0.333. The Bertz CT molecular complexity index is 568. The number of rotatable bonds is 4. The Balaban J connectivity index is 1.78. The minimum absolute atomic E-state index is 0.305. The highest BCUT2D eigenvalue weighted by Crippen LogP contribution is 2.28. The van der Waals surface area contributed by atoms with Crippen LogP contribution in [0.1, 0.15) is 18.7 Å². The third-order valence-corrected chi connectivity index (χ3v) is 3.40. The fourth-order valence-electron chi connectivity index (χ4n) is 1.62. The van der Waals surface area contributed by atoms with E-state index in [1.54, 1.807) is 6.07 Å². The Morgan fingerprint density at radius 3 is 2.94 bits per heavy atom. The Kier molecular flexibility index (Phi) is 3.13. The molecule has 1 N–H and O–H groups in total. The molecule has 1 aromatic heterocycles. The van der Waals surface area contributed by atoms with Gasteiger partial charge in [0.2, 0.25) is 11.8 Å². The zero-order valence-electron chi connectivity index (χ0n) is 9.49. The van der Waals surface area contributed by atoms with Crippen LogP contribution in [0.2, 0.25) is 0 Å². The molecule has 6 heteroatoms. The van der Waals surface area contributed by atoms with E-state index in [9.17, 15) is 4.39 Å². The van der Waals surface area contributed by atoms with Gasteiger partial charge in [-0.2, -0.15) is 0 Å². The summed E-state index contributed by atoms with van der Waals surface area (Å²) in [5, 5.41) is 11.2. The van der Waals surface area contributed by atoms with Crippen LogP contribution in [-0.4, -0.2) is 16.2 Å². The molecule has 18 heavy (non-hydrogen) atoms. The highest BCUT2D eigenvalue weighted by atomic mass is 79.9. The predicted octanol–water partition coefficient (Wildman–Crippen LogP) is 2.89. The first-order chi connectivity index (χ1) is 8.72. The summed E-state index contributed by atoms with van der Waals surface area (Å²) in [6.07, 6.45) is 2.43. The maximum Gasteiger partial charge on any atom is 0.248 e. The maximum absolute atomic E-state index is 13.0. The molecule has 4 nitrogen and oxygen atoms in total. The molecule has 94 valence electrons. The summed E-state index contributed by atoms with van der Waals surface area (Å²) in [7, 11) is 0. The summed E-state index contributed by atoms with van der Waals surface area (Å²) < 4.78 is 19.1. The van der Waals surface area contributed by atoms with Gasteiger partial charge in [0.1, 0.15) is 5.82 Å². The van der Waals surface area contributed by atoms with Gasteiger partial charge < -0.3 is 9.73 Å². The van der Waals surface area contributed by atoms with Crippen LogP contribution in [0.3, 0.4) is 0 Å². The number of aromatic nitrogens is 2. The molecule has 0 amide bonds. The molecular formula is C12H11BrFN3O. The number of halogens is 2. The molecule has 0 unspecified atom stereocenters. The molecule has 0 radical (unpaired) electrons. The summed E-state index contributed by atoms with van der Waals surface area (Å²) in [6, 6.07) is 4.96. The monoisotopic (exact) mass is 311 g/mol. The molecule has 1 fully saturated rings. The van der Waals surface area contributed by atoms with Crippen molar-refractivity contribution < 1.29 is 8.81 Å². The van der Waals surface area contributed by atoms with Crippen LogP contribution >= 0.6 is 15.9 Å². The smallest absolute Gasteiger partial charge is 0.248 e. The third kappa shape index (κ3) is 2.59. The van der Waals surface area contributed by atoms with Crippen LogP contribution < -0.4 is 5.32 Å². The van der Waals surface area contributed by atoms with Crippen molar-refractivity contribution in [2.24, 2.45) is 0 Å². The predicted molar refractivity (Wildman–Crippen MR) is 67.3 cm³/mol. The van der Waals surface area contributed by atoms with Gasteiger partial charge in [-0.3, -0.25) is 0 Å². The third-order valence-electron chi connectivity index (χ3n) is 2.75. The maximum atomic E-state index is 13.0. The van der Waals surface area contributed by atoms with E-state index in [2.05, 4.69) is 31.4 Å². The Morgan fingerprint density at radius 2 is 2.22 bits per heavy atom. The van der Waals surface area contributed by atoms with E-state index in [4.69, 9.17) is 4.42 Å². The standard InChI is InChI=1S/C12H11BrFN3O/c13-10-5-7(14)1-4-9(10)12-17-16-11(18-12)6-15-8-2-3-8/h1,4-5,8,15H,2-3,6H2. The zero-order valence-corrected chi connectivity index (χ0v) is 11.1. The van der Waals surface area contributed by atoms with Crippen LogP contribution in [0.4, 0.5) is 4.39 Å². The second-order valence-electron chi connectivity index (χ2n) is 4.28. The molecule has 1 aliphatic carbocycles. The van der Waals surface area contributed by atoms with E-state index in [-0.39, 0.29) is 5.82 Å². The van der Waals surface area contributed by atoms with Crippen molar-refractivity contribution in [3.8, 4) is 11.5 Å². The van der Waals surface area contributed by atoms with Gasteiger partial charge in [0.15, 0.2) is 0 Å². The van der Waals surface area contributed by atoms with Crippen molar-refractivity contribution in [1.82, 2.24) is 15.5 Å². The normalized spacial score (nSPS) is 15.0. The quantitative estimate of drug-likeness (QED) is 0.943. The molecule has 0 aliphatic heterocycles. The first-order valence-electron chi connectivity index (χ1n) is 5.73. The second kappa shape index (κ2) is 4.78. The lowest BCUT2D eigenvalue weighted by Gasteiger charge is -1.99. The minimum atomic E-state index is -0.305. The molecule has 1 heterocycles. The summed E-state index contributed by atoms with van der Waals surface area (Å²) >= 11 is 3.28. The summed E-state index contributed by atoms with van der Waals surface area (Å²) in [5.41, 5.74) is 0.696. The van der Waals surface area contributed by atoms with Crippen molar-refractivity contribution in [3.05, 3.63) is 34.4 Å². The number of hydrogen-bond acceptors (Lipinski definition) is 4. The Morgan fingerprint density at radius 1 is 1.39 bits per heavy atom. The van der Waals surface area contributed by atoms with Crippen LogP contribution in [0.25, 0.3) is 11.5 Å². The van der Waals surface area contributed by atoms with Gasteiger partial charge in [0.05, 0.1) is 12.1 Å². The lowest BCUT2D eigenvalue weighted by molar-refractivity contribution is 0.476. The van der Waals surface area contributed by atoms with Gasteiger partial charge in [-0.1, -0.05) is 0 Å². The van der Waals surface area contributed by atoms with Crippen LogP contribution in [0, 0.1) is 5.82 Å². The average Bonchev–Trinajstić information content (AvgIpc) is 3.05. The Labute approximate surface area is 112 Å². The zero-order chi connectivity index (χ0) is 12.5. The summed E-state index contributed by atoms with van der Waals surface area (Å²) in [6.45, 7) is 0.580. The molecule has 0 saturated heterocycles. The molecule has 0 spiro atoms. The van der Waals surface area contributed by atoms with Crippen molar-refractivity contribution in [2.45, 2.75) is 25.4 Å². The lowest BCUT2D eigenvalue weighted by Crippen LogP contribution is -2.15. The first kappa shape index (κ1) is 11.8. The number of hydrogen-bond donors (Lipinski definition) is 1. The van der Waals surface area contributed by atoms with Crippen molar-refractivity contribution in [1.29, 1.82) is 0 Å². The molecule has 0 bridgehead atoms. The van der Waals surface area contributed by atoms with Gasteiger partial charge >= 0.3 is 0 Å². The van der Waals surface area contributed by atoms with E-state index < -0.39 is 0 Å². The van der Waals surface area contributed by atoms with E-state index in [1.165, 1.54) is 25.0 Å². The lowest BCUT2D eigenvalue weighted by atomic mass is 10.2. The van der Waals surface area contributed by atoms with E-state index >= 15 is 0 Å². The summed E-state index contributed by atoms with van der Waals surface area (Å²) in [5.74, 6) is 0.642. The molecular weight excluding hydrogens is 301 g/mol. The molecule has 3 rings (SSSR count). The number of nitrogens with one attached hydrogen (secondary N) is 1. The Hall–Kier alpha value is -1.27.